The average molecular weight is 280 g/mol. The molecule has 1 fully saturated rings. The largest absolute Gasteiger partial charge is 0.416 e. The number of H-pyrrole nitrogens is 1. The van der Waals surface area contributed by atoms with Crippen molar-refractivity contribution >= 4 is 10.9 Å². The molecule has 2 aromatic rings. The summed E-state index contributed by atoms with van der Waals surface area (Å²) in [7, 11) is 0. The Kier molecular flexibility index (Phi) is 2.46. The summed E-state index contributed by atoms with van der Waals surface area (Å²) in [4.78, 5) is 5.71. The highest BCUT2D eigenvalue weighted by molar-refractivity contribution is 5.86. The highest BCUT2D eigenvalue weighted by Gasteiger charge is 2.35. The SMILES string of the molecule is FC(F)(F)c1ccc2[nH]c3c(c2c1)[C@H]1CCCN1CC3. The first-order valence-corrected chi connectivity index (χ1v) is 7.00. The van der Waals surface area contributed by atoms with Crippen molar-refractivity contribution in [1.82, 2.24) is 9.88 Å². The summed E-state index contributed by atoms with van der Waals surface area (Å²) in [5.41, 5.74) is 2.51. The van der Waals surface area contributed by atoms with Gasteiger partial charge in [-0.3, -0.25) is 4.90 Å². The van der Waals surface area contributed by atoms with E-state index in [1.807, 2.05) is 0 Å². The zero-order valence-electron chi connectivity index (χ0n) is 10.9. The second-order valence-electron chi connectivity index (χ2n) is 5.72. The summed E-state index contributed by atoms with van der Waals surface area (Å²) >= 11 is 0. The molecule has 0 spiro atoms. The van der Waals surface area contributed by atoms with Crippen molar-refractivity contribution in [2.24, 2.45) is 0 Å². The van der Waals surface area contributed by atoms with Crippen LogP contribution in [0.15, 0.2) is 18.2 Å². The van der Waals surface area contributed by atoms with Crippen LogP contribution in [0.5, 0.6) is 0 Å². The van der Waals surface area contributed by atoms with E-state index >= 15 is 0 Å². The number of fused-ring (bicyclic) bond motifs is 5. The molecule has 1 saturated heterocycles. The Morgan fingerprint density at radius 3 is 2.85 bits per heavy atom. The minimum absolute atomic E-state index is 0.302. The molecule has 20 heavy (non-hydrogen) atoms. The molecular formula is C15H15F3N2. The fourth-order valence-corrected chi connectivity index (χ4v) is 3.70. The van der Waals surface area contributed by atoms with Crippen LogP contribution >= 0.6 is 0 Å². The van der Waals surface area contributed by atoms with E-state index in [1.54, 1.807) is 6.07 Å². The maximum absolute atomic E-state index is 12.9. The zero-order valence-corrected chi connectivity index (χ0v) is 10.9. The lowest BCUT2D eigenvalue weighted by molar-refractivity contribution is -0.137. The van der Waals surface area contributed by atoms with Crippen LogP contribution in [-0.4, -0.2) is 23.0 Å². The van der Waals surface area contributed by atoms with Crippen molar-refractivity contribution in [3.63, 3.8) is 0 Å². The molecule has 0 radical (unpaired) electrons. The van der Waals surface area contributed by atoms with Crippen molar-refractivity contribution in [3.05, 3.63) is 35.0 Å². The van der Waals surface area contributed by atoms with Gasteiger partial charge in [-0.2, -0.15) is 13.2 Å². The first-order valence-electron chi connectivity index (χ1n) is 7.00. The van der Waals surface area contributed by atoms with Gasteiger partial charge in [0.2, 0.25) is 0 Å². The third kappa shape index (κ3) is 1.69. The van der Waals surface area contributed by atoms with E-state index in [0.717, 1.165) is 60.6 Å². The maximum atomic E-state index is 12.9. The molecular weight excluding hydrogens is 265 g/mol. The molecule has 0 bridgehead atoms. The van der Waals surface area contributed by atoms with Gasteiger partial charge in [-0.15, -0.1) is 0 Å². The van der Waals surface area contributed by atoms with Gasteiger partial charge in [0.1, 0.15) is 0 Å². The monoisotopic (exact) mass is 280 g/mol. The van der Waals surface area contributed by atoms with Crippen molar-refractivity contribution in [1.29, 1.82) is 0 Å². The van der Waals surface area contributed by atoms with Gasteiger partial charge in [-0.1, -0.05) is 0 Å². The molecule has 2 aliphatic heterocycles. The highest BCUT2D eigenvalue weighted by Crippen LogP contribution is 2.42. The lowest BCUT2D eigenvalue weighted by Gasteiger charge is -2.30. The Hall–Kier alpha value is -1.49. The molecule has 1 N–H and O–H groups in total. The standard InChI is InChI=1S/C15H15F3N2/c16-15(17,18)9-3-4-11-10(8-9)14-12(19-11)5-7-20-6-1-2-13(14)20/h3-4,8,13,19H,1-2,5-7H2/t13-/m1/s1. The smallest absolute Gasteiger partial charge is 0.358 e. The molecule has 0 aliphatic carbocycles. The zero-order chi connectivity index (χ0) is 13.9. The van der Waals surface area contributed by atoms with E-state index in [4.69, 9.17) is 0 Å². The van der Waals surface area contributed by atoms with E-state index in [1.165, 1.54) is 6.07 Å². The Labute approximate surface area is 114 Å². The lowest BCUT2D eigenvalue weighted by atomic mass is 9.95. The predicted octanol–water partition coefficient (Wildman–Crippen LogP) is 3.88. The topological polar surface area (TPSA) is 19.0 Å². The molecule has 1 aromatic carbocycles. The third-order valence-corrected chi connectivity index (χ3v) is 4.59. The number of alkyl halides is 3. The van der Waals surface area contributed by atoms with Crippen LogP contribution in [0.1, 0.15) is 35.7 Å². The summed E-state index contributed by atoms with van der Waals surface area (Å²) < 4.78 is 38.7. The molecule has 0 amide bonds. The Balaban J connectivity index is 1.92. The average Bonchev–Trinajstić information content (AvgIpc) is 2.99. The van der Waals surface area contributed by atoms with Gasteiger partial charge in [-0.25, -0.2) is 0 Å². The van der Waals surface area contributed by atoms with Crippen LogP contribution in [0, 0.1) is 0 Å². The summed E-state index contributed by atoms with van der Waals surface area (Å²) in [6, 6.07) is 4.34. The number of aromatic nitrogens is 1. The molecule has 1 atom stereocenters. The fraction of sp³-hybridized carbons (Fsp3) is 0.467. The van der Waals surface area contributed by atoms with Gasteiger partial charge >= 0.3 is 6.18 Å². The van der Waals surface area contributed by atoms with Gasteiger partial charge in [0, 0.05) is 35.6 Å². The van der Waals surface area contributed by atoms with Gasteiger partial charge in [-0.05, 0) is 43.1 Å². The maximum Gasteiger partial charge on any atom is 0.416 e. The molecule has 5 heteroatoms. The summed E-state index contributed by atoms with van der Waals surface area (Å²) in [5.74, 6) is 0. The van der Waals surface area contributed by atoms with Crippen LogP contribution in [0.4, 0.5) is 13.2 Å². The van der Waals surface area contributed by atoms with E-state index in [2.05, 4.69) is 9.88 Å². The van der Waals surface area contributed by atoms with Crippen molar-refractivity contribution in [2.45, 2.75) is 31.5 Å². The quantitative estimate of drug-likeness (QED) is 0.776. The van der Waals surface area contributed by atoms with E-state index < -0.39 is 11.7 Å². The van der Waals surface area contributed by atoms with Crippen LogP contribution in [0.25, 0.3) is 10.9 Å². The summed E-state index contributed by atoms with van der Waals surface area (Å²) in [6.45, 7) is 2.08. The van der Waals surface area contributed by atoms with Crippen molar-refractivity contribution < 1.29 is 13.2 Å². The van der Waals surface area contributed by atoms with Gasteiger partial charge in [0.05, 0.1) is 5.56 Å². The molecule has 3 heterocycles. The first-order chi connectivity index (χ1) is 9.54. The van der Waals surface area contributed by atoms with Crippen molar-refractivity contribution in [2.75, 3.05) is 13.1 Å². The van der Waals surface area contributed by atoms with E-state index in [0.29, 0.717) is 6.04 Å². The lowest BCUT2D eigenvalue weighted by Crippen LogP contribution is -2.30. The molecule has 1 aromatic heterocycles. The van der Waals surface area contributed by atoms with Gasteiger partial charge in [0.25, 0.3) is 0 Å². The molecule has 2 nitrogen and oxygen atoms in total. The van der Waals surface area contributed by atoms with Gasteiger partial charge in [0.15, 0.2) is 0 Å². The Bertz CT molecular complexity index is 672. The molecule has 0 saturated carbocycles. The Morgan fingerprint density at radius 1 is 1.20 bits per heavy atom. The number of hydrogen-bond acceptors (Lipinski definition) is 1. The normalized spacial score (nSPS) is 23.1. The minimum Gasteiger partial charge on any atom is -0.358 e. The molecule has 106 valence electrons. The number of nitrogens with zero attached hydrogens (tertiary/aromatic N) is 1. The van der Waals surface area contributed by atoms with Crippen LogP contribution in [0.2, 0.25) is 0 Å². The number of nitrogens with one attached hydrogen (secondary N) is 1. The highest BCUT2D eigenvalue weighted by atomic mass is 19.4. The van der Waals surface area contributed by atoms with Crippen LogP contribution < -0.4 is 0 Å². The fourth-order valence-electron chi connectivity index (χ4n) is 3.70. The van der Waals surface area contributed by atoms with Crippen LogP contribution in [-0.2, 0) is 12.6 Å². The summed E-state index contributed by atoms with van der Waals surface area (Å²) in [6.07, 6.45) is -1.18. The van der Waals surface area contributed by atoms with E-state index in [9.17, 15) is 13.2 Å². The number of halogens is 3. The molecule has 2 aliphatic rings. The molecule has 4 rings (SSSR count). The number of rotatable bonds is 0. The second kappa shape index (κ2) is 4.01. The van der Waals surface area contributed by atoms with Crippen LogP contribution in [0.3, 0.4) is 0 Å². The van der Waals surface area contributed by atoms with E-state index in [-0.39, 0.29) is 0 Å². The minimum atomic E-state index is -4.28. The predicted molar refractivity (Wildman–Crippen MR) is 70.6 cm³/mol. The molecule has 0 unspecified atom stereocenters. The number of hydrogen-bond donors (Lipinski definition) is 1. The first kappa shape index (κ1) is 12.3. The van der Waals surface area contributed by atoms with Crippen molar-refractivity contribution in [3.8, 4) is 0 Å². The second-order valence-corrected chi connectivity index (χ2v) is 5.72. The van der Waals surface area contributed by atoms with Gasteiger partial charge < -0.3 is 4.98 Å². The third-order valence-electron chi connectivity index (χ3n) is 4.59. The Morgan fingerprint density at radius 2 is 2.05 bits per heavy atom. The summed E-state index contributed by atoms with van der Waals surface area (Å²) in [5, 5.41) is 0.756. The number of benzene rings is 1. The number of aromatic amines is 1.